The van der Waals surface area contributed by atoms with Crippen LogP contribution >= 0.6 is 0 Å². The van der Waals surface area contributed by atoms with E-state index in [1.165, 1.54) is 44.6 Å². The lowest BCUT2D eigenvalue weighted by atomic mass is 10.1. The van der Waals surface area contributed by atoms with Crippen molar-refractivity contribution < 1.29 is 22.3 Å². The maximum Gasteiger partial charge on any atom is 0.259 e. The lowest BCUT2D eigenvalue weighted by Crippen LogP contribution is -2.36. The Labute approximate surface area is 218 Å². The number of aromatic nitrogens is 2. The van der Waals surface area contributed by atoms with E-state index in [2.05, 4.69) is 20.0 Å². The van der Waals surface area contributed by atoms with E-state index in [0.717, 1.165) is 0 Å². The Balaban J connectivity index is 1.61. The van der Waals surface area contributed by atoms with Crippen LogP contribution in [0.1, 0.15) is 0 Å². The van der Waals surface area contributed by atoms with E-state index >= 15 is 4.39 Å². The van der Waals surface area contributed by atoms with Gasteiger partial charge in [-0.25, -0.2) is 22.5 Å². The fourth-order valence-corrected chi connectivity index (χ4v) is 5.15. The SMILES string of the molecule is CNS(=O)(=O)c1ccc(OC)c(-c2cc3cc[nH]c(=O)c3c(Nc3ccc(N4CCOCC4)c(F)c3)n2)c1. The molecular formula is C26H26FN5O5S. The number of methoxy groups -OCH3 is 1. The first-order valence-electron chi connectivity index (χ1n) is 11.8. The number of benzene rings is 2. The smallest absolute Gasteiger partial charge is 0.259 e. The minimum atomic E-state index is -3.74. The number of sulfonamides is 1. The maximum atomic E-state index is 15.1. The van der Waals surface area contributed by atoms with Crippen molar-refractivity contribution in [1.29, 1.82) is 0 Å². The zero-order valence-electron chi connectivity index (χ0n) is 20.7. The minimum Gasteiger partial charge on any atom is -0.496 e. The van der Waals surface area contributed by atoms with Crippen molar-refractivity contribution in [2.45, 2.75) is 4.90 Å². The van der Waals surface area contributed by atoms with Crippen molar-refractivity contribution in [3.8, 4) is 17.0 Å². The minimum absolute atomic E-state index is 0.0267. The van der Waals surface area contributed by atoms with Crippen LogP contribution in [0.15, 0.2) is 64.4 Å². The number of aromatic amines is 1. The first-order chi connectivity index (χ1) is 18.3. The van der Waals surface area contributed by atoms with Gasteiger partial charge in [0, 0.05) is 30.5 Å². The average molecular weight is 540 g/mol. The second-order valence-electron chi connectivity index (χ2n) is 8.59. The van der Waals surface area contributed by atoms with Gasteiger partial charge in [-0.3, -0.25) is 4.79 Å². The van der Waals surface area contributed by atoms with E-state index in [1.807, 2.05) is 4.90 Å². The summed E-state index contributed by atoms with van der Waals surface area (Å²) in [6.07, 6.45) is 1.51. The Morgan fingerprint density at radius 1 is 1.11 bits per heavy atom. The van der Waals surface area contributed by atoms with Crippen LogP contribution in [0.4, 0.5) is 21.6 Å². The molecule has 0 amide bonds. The number of halogens is 1. The third-order valence-corrected chi connectivity index (χ3v) is 7.75. The third-order valence-electron chi connectivity index (χ3n) is 6.34. The summed E-state index contributed by atoms with van der Waals surface area (Å²) in [5.74, 6) is 0.156. The van der Waals surface area contributed by atoms with Crippen LogP contribution in [0, 0.1) is 5.82 Å². The van der Waals surface area contributed by atoms with Crippen molar-refractivity contribution in [3.63, 3.8) is 0 Å². The molecule has 4 aromatic rings. The summed E-state index contributed by atoms with van der Waals surface area (Å²) in [5.41, 5.74) is 1.25. The molecule has 0 aliphatic carbocycles. The molecule has 0 saturated carbocycles. The number of hydrogen-bond donors (Lipinski definition) is 3. The summed E-state index contributed by atoms with van der Waals surface area (Å²) in [6.45, 7) is 2.26. The molecule has 1 aliphatic rings. The normalized spacial score (nSPS) is 14.0. The van der Waals surface area contributed by atoms with Gasteiger partial charge in [0.1, 0.15) is 17.4 Å². The van der Waals surface area contributed by atoms with E-state index in [1.54, 1.807) is 24.3 Å². The van der Waals surface area contributed by atoms with Gasteiger partial charge in [-0.05, 0) is 61.0 Å². The molecule has 1 aliphatic heterocycles. The van der Waals surface area contributed by atoms with E-state index in [4.69, 9.17) is 9.47 Å². The Morgan fingerprint density at radius 2 is 1.89 bits per heavy atom. The van der Waals surface area contributed by atoms with Crippen molar-refractivity contribution >= 4 is 38.0 Å². The van der Waals surface area contributed by atoms with Crippen LogP contribution in [0.2, 0.25) is 0 Å². The molecule has 10 nitrogen and oxygen atoms in total. The van der Waals surface area contributed by atoms with Crippen LogP contribution in [-0.2, 0) is 14.8 Å². The molecule has 2 aromatic heterocycles. The highest BCUT2D eigenvalue weighted by Crippen LogP contribution is 2.35. The number of fused-ring (bicyclic) bond motifs is 1. The highest BCUT2D eigenvalue weighted by molar-refractivity contribution is 7.89. The molecule has 3 N–H and O–H groups in total. The summed E-state index contributed by atoms with van der Waals surface area (Å²) in [6, 6.07) is 12.5. The molecule has 198 valence electrons. The monoisotopic (exact) mass is 539 g/mol. The van der Waals surface area contributed by atoms with E-state index in [9.17, 15) is 13.2 Å². The Bertz CT molecular complexity index is 1670. The number of ether oxygens (including phenoxy) is 2. The molecular weight excluding hydrogens is 513 g/mol. The number of H-pyrrole nitrogens is 1. The van der Waals surface area contributed by atoms with Gasteiger partial charge in [0.2, 0.25) is 10.0 Å². The molecule has 0 spiro atoms. The van der Waals surface area contributed by atoms with Crippen LogP contribution in [0.3, 0.4) is 0 Å². The van der Waals surface area contributed by atoms with Crippen molar-refractivity contribution in [3.05, 3.63) is 70.9 Å². The Kier molecular flexibility index (Phi) is 7.02. The highest BCUT2D eigenvalue weighted by atomic mass is 32.2. The number of rotatable bonds is 7. The third kappa shape index (κ3) is 4.93. The summed E-state index contributed by atoms with van der Waals surface area (Å²) >= 11 is 0. The summed E-state index contributed by atoms with van der Waals surface area (Å²) in [5, 5.41) is 3.90. The predicted octanol–water partition coefficient (Wildman–Crippen LogP) is 3.23. The molecule has 38 heavy (non-hydrogen) atoms. The number of nitrogens with zero attached hydrogens (tertiary/aromatic N) is 2. The molecule has 0 unspecified atom stereocenters. The number of hydrogen-bond acceptors (Lipinski definition) is 8. The van der Waals surface area contributed by atoms with E-state index < -0.39 is 15.8 Å². The Hall–Kier alpha value is -4.00. The van der Waals surface area contributed by atoms with Gasteiger partial charge in [-0.1, -0.05) is 0 Å². The lowest BCUT2D eigenvalue weighted by molar-refractivity contribution is 0.122. The van der Waals surface area contributed by atoms with E-state index in [0.29, 0.717) is 60.1 Å². The topological polar surface area (TPSA) is 126 Å². The van der Waals surface area contributed by atoms with Crippen LogP contribution in [-0.4, -0.2) is 58.8 Å². The largest absolute Gasteiger partial charge is 0.496 e. The van der Waals surface area contributed by atoms with Gasteiger partial charge in [-0.2, -0.15) is 0 Å². The molecule has 0 radical (unpaired) electrons. The van der Waals surface area contributed by atoms with Gasteiger partial charge in [0.15, 0.2) is 0 Å². The van der Waals surface area contributed by atoms with Crippen LogP contribution in [0.25, 0.3) is 22.0 Å². The van der Waals surface area contributed by atoms with Gasteiger partial charge >= 0.3 is 0 Å². The fraction of sp³-hybridized carbons (Fsp3) is 0.231. The molecule has 1 fully saturated rings. The molecule has 0 atom stereocenters. The quantitative estimate of drug-likeness (QED) is 0.327. The van der Waals surface area contributed by atoms with Crippen LogP contribution in [0.5, 0.6) is 5.75 Å². The lowest BCUT2D eigenvalue weighted by Gasteiger charge is -2.29. The number of pyridine rings is 2. The first-order valence-corrected chi connectivity index (χ1v) is 13.3. The van der Waals surface area contributed by atoms with Gasteiger partial charge in [0.05, 0.1) is 42.0 Å². The highest BCUT2D eigenvalue weighted by Gasteiger charge is 2.20. The van der Waals surface area contributed by atoms with Crippen LogP contribution < -0.4 is 25.2 Å². The maximum absolute atomic E-state index is 15.1. The summed E-state index contributed by atoms with van der Waals surface area (Å²) < 4.78 is 53.1. The number of nitrogens with one attached hydrogen (secondary N) is 3. The Morgan fingerprint density at radius 3 is 2.61 bits per heavy atom. The zero-order valence-corrected chi connectivity index (χ0v) is 21.6. The summed E-state index contributed by atoms with van der Waals surface area (Å²) in [7, 11) is -0.946. The molecule has 12 heteroatoms. The molecule has 2 aromatic carbocycles. The molecule has 3 heterocycles. The fourth-order valence-electron chi connectivity index (χ4n) is 4.40. The molecule has 0 bridgehead atoms. The average Bonchev–Trinajstić information content (AvgIpc) is 2.93. The number of morpholine rings is 1. The van der Waals surface area contributed by atoms with Crippen molar-refractivity contribution in [1.82, 2.24) is 14.7 Å². The molecule has 1 saturated heterocycles. The first kappa shape index (κ1) is 25.6. The summed E-state index contributed by atoms with van der Waals surface area (Å²) in [4.78, 5) is 22.0. The molecule has 5 rings (SSSR count). The van der Waals surface area contributed by atoms with Gasteiger partial charge in [-0.15, -0.1) is 0 Å². The second kappa shape index (κ2) is 10.4. The number of anilines is 3. The zero-order chi connectivity index (χ0) is 26.9. The van der Waals surface area contributed by atoms with Crippen molar-refractivity contribution in [2.75, 3.05) is 50.7 Å². The standard InChI is InChI=1S/C26H26FN5O5S/c1-28-38(34,35)18-4-6-23(36-2)19(15-18)21-13-16-7-8-29-26(33)24(16)25(31-21)30-17-3-5-22(20(27)14-17)32-9-11-37-12-10-32/h3-8,13-15,28H,9-12H2,1-2H3,(H,29,33)(H,30,31). The van der Waals surface area contributed by atoms with Gasteiger partial charge < -0.3 is 24.7 Å². The second-order valence-corrected chi connectivity index (χ2v) is 10.5. The predicted molar refractivity (Wildman–Crippen MR) is 143 cm³/mol. The van der Waals surface area contributed by atoms with Crippen molar-refractivity contribution in [2.24, 2.45) is 0 Å². The van der Waals surface area contributed by atoms with Gasteiger partial charge in [0.25, 0.3) is 5.56 Å². The van der Waals surface area contributed by atoms with E-state index in [-0.39, 0.29) is 21.7 Å².